The molecule has 0 fully saturated rings. The Morgan fingerprint density at radius 1 is 1.03 bits per heavy atom. The summed E-state index contributed by atoms with van der Waals surface area (Å²) >= 11 is 0. The van der Waals surface area contributed by atoms with E-state index in [4.69, 9.17) is 9.40 Å². The highest BCUT2D eigenvalue weighted by atomic mass is 16.3. The molecule has 0 aliphatic rings. The molecule has 1 amide bonds. The number of oxazole rings is 1. The van der Waals surface area contributed by atoms with Crippen molar-refractivity contribution in [1.82, 2.24) is 19.7 Å². The summed E-state index contributed by atoms with van der Waals surface area (Å²) < 4.78 is 6.91. The molecule has 0 aliphatic carbocycles. The maximum Gasteiger partial charge on any atom is 0.256 e. The predicted molar refractivity (Wildman–Crippen MR) is 115 cm³/mol. The van der Waals surface area contributed by atoms with E-state index in [1.807, 2.05) is 38.1 Å². The Morgan fingerprint density at radius 3 is 2.77 bits per heavy atom. The smallest absolute Gasteiger partial charge is 0.256 e. The number of anilines is 1. The van der Waals surface area contributed by atoms with Crippen LogP contribution in [0.15, 0.2) is 59.3 Å². The number of nitrogens with one attached hydrogen (secondary N) is 1. The predicted octanol–water partition coefficient (Wildman–Crippen LogP) is 4.74. The molecule has 7 nitrogen and oxygen atoms in total. The summed E-state index contributed by atoms with van der Waals surface area (Å²) in [7, 11) is 0. The first kappa shape index (κ1) is 18.1. The zero-order valence-electron chi connectivity index (χ0n) is 16.8. The van der Waals surface area contributed by atoms with Crippen LogP contribution in [-0.2, 0) is 0 Å². The molecule has 5 aromatic rings. The largest absolute Gasteiger partial charge is 0.443 e. The van der Waals surface area contributed by atoms with Gasteiger partial charge in [-0.05, 0) is 56.2 Å². The Balaban J connectivity index is 1.55. The van der Waals surface area contributed by atoms with Crippen molar-refractivity contribution in [2.45, 2.75) is 20.8 Å². The number of fused-ring (bicyclic) bond motifs is 2. The first-order valence-electron chi connectivity index (χ1n) is 9.58. The molecule has 0 spiro atoms. The molecule has 148 valence electrons. The van der Waals surface area contributed by atoms with Crippen LogP contribution < -0.4 is 5.32 Å². The number of benzene rings is 2. The van der Waals surface area contributed by atoms with Crippen LogP contribution in [0.5, 0.6) is 0 Å². The van der Waals surface area contributed by atoms with Gasteiger partial charge in [0.1, 0.15) is 11.3 Å². The highest BCUT2D eigenvalue weighted by molar-refractivity contribution is 6.05. The van der Waals surface area contributed by atoms with Crippen LogP contribution in [0, 0.1) is 20.8 Å². The van der Waals surface area contributed by atoms with Gasteiger partial charge in [0.15, 0.2) is 17.8 Å². The fraction of sp³-hybridized carbons (Fsp3) is 0.130. The maximum atomic E-state index is 12.9. The number of amides is 1. The zero-order chi connectivity index (χ0) is 20.8. The fourth-order valence-electron chi connectivity index (χ4n) is 3.60. The van der Waals surface area contributed by atoms with Gasteiger partial charge in [0.05, 0.1) is 11.2 Å². The molecule has 3 aromatic heterocycles. The van der Waals surface area contributed by atoms with E-state index in [2.05, 4.69) is 28.4 Å². The van der Waals surface area contributed by atoms with Gasteiger partial charge in [0.2, 0.25) is 0 Å². The van der Waals surface area contributed by atoms with Gasteiger partial charge in [-0.2, -0.15) is 9.78 Å². The van der Waals surface area contributed by atoms with Crippen LogP contribution in [0.2, 0.25) is 0 Å². The number of pyridine rings is 1. The number of aromatic nitrogens is 4. The Morgan fingerprint density at radius 2 is 1.90 bits per heavy atom. The topological polar surface area (TPSA) is 85.8 Å². The molecule has 3 heterocycles. The lowest BCUT2D eigenvalue weighted by Gasteiger charge is -2.11. The van der Waals surface area contributed by atoms with Gasteiger partial charge in [-0.3, -0.25) is 4.79 Å². The van der Waals surface area contributed by atoms with E-state index in [1.165, 1.54) is 6.39 Å². The van der Waals surface area contributed by atoms with Crippen molar-refractivity contribution in [3.63, 3.8) is 0 Å². The lowest BCUT2D eigenvalue weighted by Crippen LogP contribution is -2.15. The van der Waals surface area contributed by atoms with Crippen LogP contribution in [0.3, 0.4) is 0 Å². The van der Waals surface area contributed by atoms with Gasteiger partial charge in [0.25, 0.3) is 5.91 Å². The van der Waals surface area contributed by atoms with Gasteiger partial charge >= 0.3 is 0 Å². The van der Waals surface area contributed by atoms with Crippen molar-refractivity contribution in [2.75, 3.05) is 5.32 Å². The molecule has 0 aliphatic heterocycles. The lowest BCUT2D eigenvalue weighted by atomic mass is 10.1. The second kappa shape index (κ2) is 6.81. The first-order valence-corrected chi connectivity index (χ1v) is 9.58. The Kier molecular flexibility index (Phi) is 4.10. The Bertz CT molecular complexity index is 1430. The standard InChI is InChI=1S/C23H19N5O2/c1-13-5-4-6-17-14(2)9-20(25-22(13)17)28-21(10-15(3)27-28)26-23(29)16-7-8-19-18(11-16)24-12-30-19/h4-12H,1-3H3,(H,26,29). The molecule has 2 aromatic carbocycles. The van der Waals surface area contributed by atoms with Crippen LogP contribution >= 0.6 is 0 Å². The van der Waals surface area contributed by atoms with E-state index < -0.39 is 0 Å². The van der Waals surface area contributed by atoms with Gasteiger partial charge in [0, 0.05) is 17.0 Å². The summed E-state index contributed by atoms with van der Waals surface area (Å²) in [5.41, 5.74) is 5.65. The quantitative estimate of drug-likeness (QED) is 0.475. The minimum Gasteiger partial charge on any atom is -0.443 e. The van der Waals surface area contributed by atoms with Gasteiger partial charge in [-0.1, -0.05) is 18.2 Å². The summed E-state index contributed by atoms with van der Waals surface area (Å²) in [6, 6.07) is 15.1. The number of rotatable bonds is 3. The van der Waals surface area contributed by atoms with E-state index in [1.54, 1.807) is 22.9 Å². The van der Waals surface area contributed by atoms with Crippen molar-refractivity contribution in [3.05, 3.63) is 77.3 Å². The number of carbonyl (C=O) groups is 1. The molecule has 0 atom stereocenters. The number of hydrogen-bond acceptors (Lipinski definition) is 5. The molecule has 30 heavy (non-hydrogen) atoms. The molecule has 0 saturated carbocycles. The SMILES string of the molecule is Cc1cc(NC(=O)c2ccc3ocnc3c2)n(-c2cc(C)c3cccc(C)c3n2)n1. The van der Waals surface area contributed by atoms with Crippen molar-refractivity contribution in [1.29, 1.82) is 0 Å². The number of hydrogen-bond donors (Lipinski definition) is 1. The Hall–Kier alpha value is -4.00. The van der Waals surface area contributed by atoms with Gasteiger partial charge in [-0.25, -0.2) is 9.97 Å². The number of para-hydroxylation sites is 1. The number of carbonyl (C=O) groups excluding carboxylic acids is 1. The van der Waals surface area contributed by atoms with Crippen LogP contribution in [-0.4, -0.2) is 25.7 Å². The second-order valence-corrected chi connectivity index (χ2v) is 7.34. The molecule has 0 saturated heterocycles. The number of nitrogens with zero attached hydrogens (tertiary/aromatic N) is 4. The third kappa shape index (κ3) is 3.00. The molecular weight excluding hydrogens is 378 g/mol. The summed E-state index contributed by atoms with van der Waals surface area (Å²) in [4.78, 5) is 21.8. The summed E-state index contributed by atoms with van der Waals surface area (Å²) in [6.07, 6.45) is 1.36. The molecule has 1 N–H and O–H groups in total. The van der Waals surface area contributed by atoms with Crippen molar-refractivity contribution in [3.8, 4) is 5.82 Å². The summed E-state index contributed by atoms with van der Waals surface area (Å²) in [5.74, 6) is 0.956. The summed E-state index contributed by atoms with van der Waals surface area (Å²) in [5, 5.41) is 8.61. The fourth-order valence-corrected chi connectivity index (χ4v) is 3.60. The highest BCUT2D eigenvalue weighted by Crippen LogP contribution is 2.25. The van der Waals surface area contributed by atoms with E-state index in [-0.39, 0.29) is 5.91 Å². The number of aryl methyl sites for hydroxylation is 3. The van der Waals surface area contributed by atoms with E-state index in [0.29, 0.717) is 28.3 Å². The zero-order valence-corrected chi connectivity index (χ0v) is 16.8. The molecular formula is C23H19N5O2. The molecule has 5 rings (SSSR count). The first-order chi connectivity index (χ1) is 14.5. The second-order valence-electron chi connectivity index (χ2n) is 7.34. The molecule has 0 unspecified atom stereocenters. The van der Waals surface area contributed by atoms with E-state index in [0.717, 1.165) is 27.7 Å². The Labute approximate surface area is 172 Å². The molecule has 0 bridgehead atoms. The maximum absolute atomic E-state index is 12.9. The van der Waals surface area contributed by atoms with Crippen LogP contribution in [0.1, 0.15) is 27.2 Å². The highest BCUT2D eigenvalue weighted by Gasteiger charge is 2.16. The van der Waals surface area contributed by atoms with Gasteiger partial charge < -0.3 is 9.73 Å². The minimum atomic E-state index is -0.255. The summed E-state index contributed by atoms with van der Waals surface area (Å²) in [6.45, 7) is 5.97. The van der Waals surface area contributed by atoms with Crippen molar-refractivity contribution >= 4 is 33.7 Å². The molecule has 7 heteroatoms. The van der Waals surface area contributed by atoms with E-state index in [9.17, 15) is 4.79 Å². The van der Waals surface area contributed by atoms with Crippen molar-refractivity contribution < 1.29 is 9.21 Å². The average molecular weight is 397 g/mol. The minimum absolute atomic E-state index is 0.255. The van der Waals surface area contributed by atoms with Crippen LogP contribution in [0.4, 0.5) is 5.82 Å². The third-order valence-electron chi connectivity index (χ3n) is 5.12. The normalized spacial score (nSPS) is 11.3. The lowest BCUT2D eigenvalue weighted by molar-refractivity contribution is 0.102. The van der Waals surface area contributed by atoms with E-state index >= 15 is 0 Å². The monoisotopic (exact) mass is 397 g/mol. The molecule has 0 radical (unpaired) electrons. The van der Waals surface area contributed by atoms with Gasteiger partial charge in [-0.15, -0.1) is 0 Å². The average Bonchev–Trinajstić information content (AvgIpc) is 3.34. The third-order valence-corrected chi connectivity index (χ3v) is 5.12. The van der Waals surface area contributed by atoms with Crippen molar-refractivity contribution in [2.24, 2.45) is 0 Å². The van der Waals surface area contributed by atoms with Crippen LogP contribution in [0.25, 0.3) is 27.8 Å².